The molecule has 4 nitrogen and oxygen atoms in total. The average Bonchev–Trinajstić information content (AvgIpc) is 3.11. The molecule has 0 aliphatic carbocycles. The second-order valence-corrected chi connectivity index (χ2v) is 7.38. The van der Waals surface area contributed by atoms with Gasteiger partial charge in [0.25, 0.3) is 5.56 Å². The molecule has 2 aromatic heterocycles. The average molecular weight is 388 g/mol. The number of hydrogen-bond acceptors (Lipinski definition) is 4. The van der Waals surface area contributed by atoms with Crippen LogP contribution >= 0.6 is 34.5 Å². The van der Waals surface area contributed by atoms with Crippen LogP contribution in [0.4, 0.5) is 0 Å². The minimum Gasteiger partial charge on any atom is -0.266 e. The van der Waals surface area contributed by atoms with E-state index in [9.17, 15) is 4.79 Å². The third-order valence-corrected chi connectivity index (χ3v) is 5.34. The lowest BCUT2D eigenvalue weighted by atomic mass is 10.1. The maximum absolute atomic E-state index is 12.6. The van der Waals surface area contributed by atoms with Gasteiger partial charge in [-0.15, -0.1) is 5.10 Å². The second-order valence-electron chi connectivity index (χ2n) is 5.53. The highest BCUT2D eigenvalue weighted by molar-refractivity contribution is 7.15. The number of hydrogen-bond donors (Lipinski definition) is 0. The number of fused-ring (bicyclic) bond motifs is 1. The molecule has 2 heterocycles. The molecule has 0 N–H and O–H groups in total. The summed E-state index contributed by atoms with van der Waals surface area (Å²) in [6.07, 6.45) is 1.73. The molecule has 0 aliphatic heterocycles. The van der Waals surface area contributed by atoms with Crippen LogP contribution in [0.2, 0.25) is 10.0 Å². The van der Waals surface area contributed by atoms with Crippen LogP contribution in [0, 0.1) is 6.92 Å². The Balaban J connectivity index is 1.85. The van der Waals surface area contributed by atoms with Gasteiger partial charge in [-0.25, -0.2) is 0 Å². The minimum atomic E-state index is -0.210. The van der Waals surface area contributed by atoms with Crippen molar-refractivity contribution in [1.82, 2.24) is 14.6 Å². The van der Waals surface area contributed by atoms with Crippen LogP contribution in [0.15, 0.2) is 47.3 Å². The van der Waals surface area contributed by atoms with Crippen molar-refractivity contribution >= 4 is 45.6 Å². The van der Waals surface area contributed by atoms with E-state index in [1.807, 2.05) is 31.2 Å². The first-order valence-corrected chi connectivity index (χ1v) is 9.02. The Morgan fingerprint density at radius 2 is 1.96 bits per heavy atom. The summed E-state index contributed by atoms with van der Waals surface area (Å²) in [6.45, 7) is 1.99. The molecule has 0 atom stereocenters. The molecule has 124 valence electrons. The maximum Gasteiger partial charge on any atom is 0.291 e. The smallest absolute Gasteiger partial charge is 0.266 e. The van der Waals surface area contributed by atoms with Crippen LogP contribution in [0.25, 0.3) is 22.4 Å². The Kier molecular flexibility index (Phi) is 4.07. The van der Waals surface area contributed by atoms with Crippen LogP contribution in [0.3, 0.4) is 0 Å². The molecule has 0 unspecified atom stereocenters. The molecule has 0 saturated carbocycles. The van der Waals surface area contributed by atoms with E-state index in [-0.39, 0.29) is 5.56 Å². The van der Waals surface area contributed by atoms with E-state index in [1.54, 1.807) is 24.3 Å². The summed E-state index contributed by atoms with van der Waals surface area (Å²) in [7, 11) is 0. The van der Waals surface area contributed by atoms with Crippen molar-refractivity contribution < 1.29 is 0 Å². The van der Waals surface area contributed by atoms with Gasteiger partial charge in [0.15, 0.2) is 5.82 Å². The van der Waals surface area contributed by atoms with Crippen molar-refractivity contribution in [1.29, 1.82) is 0 Å². The second kappa shape index (κ2) is 6.26. The fourth-order valence-electron chi connectivity index (χ4n) is 2.53. The summed E-state index contributed by atoms with van der Waals surface area (Å²) in [4.78, 5) is 17.7. The fraction of sp³-hybridized carbons (Fsp3) is 0.0556. The Morgan fingerprint density at radius 3 is 2.68 bits per heavy atom. The van der Waals surface area contributed by atoms with E-state index in [0.717, 1.165) is 16.7 Å². The molecule has 0 saturated heterocycles. The van der Waals surface area contributed by atoms with Gasteiger partial charge in [0.2, 0.25) is 4.96 Å². The van der Waals surface area contributed by atoms with Gasteiger partial charge in [0.05, 0.1) is 4.53 Å². The Bertz CT molecular complexity index is 1210. The number of aryl methyl sites for hydroxylation is 1. The molecule has 4 rings (SSSR count). The third kappa shape index (κ3) is 2.95. The quantitative estimate of drug-likeness (QED) is 0.522. The van der Waals surface area contributed by atoms with Crippen molar-refractivity contribution in [3.05, 3.63) is 78.5 Å². The van der Waals surface area contributed by atoms with Crippen LogP contribution in [0.5, 0.6) is 0 Å². The maximum atomic E-state index is 12.6. The van der Waals surface area contributed by atoms with Crippen LogP contribution in [0.1, 0.15) is 11.1 Å². The monoisotopic (exact) mass is 387 g/mol. The minimum absolute atomic E-state index is 0.210. The number of aromatic nitrogens is 3. The molecule has 0 bridgehead atoms. The van der Waals surface area contributed by atoms with E-state index in [4.69, 9.17) is 23.2 Å². The molecule has 2 aromatic carbocycles. The standard InChI is InChI=1S/C18H11Cl2N3OS/c1-10-4-2-3-5-13(10)16-21-18-23(22-16)17(24)15(25-18)8-11-6-7-12(19)9-14(11)20/h2-9H,1H3/b15-8+. The Labute approximate surface area is 157 Å². The van der Waals surface area contributed by atoms with Crippen LogP contribution in [-0.2, 0) is 0 Å². The van der Waals surface area contributed by atoms with Crippen molar-refractivity contribution in [3.63, 3.8) is 0 Å². The lowest BCUT2D eigenvalue weighted by Gasteiger charge is -1.98. The van der Waals surface area contributed by atoms with Crippen molar-refractivity contribution in [3.8, 4) is 11.4 Å². The normalized spacial score (nSPS) is 12.2. The number of benzene rings is 2. The first-order valence-electron chi connectivity index (χ1n) is 7.45. The van der Waals surface area contributed by atoms with Gasteiger partial charge in [-0.05, 0) is 36.3 Å². The zero-order valence-corrected chi connectivity index (χ0v) is 15.4. The summed E-state index contributed by atoms with van der Waals surface area (Å²) < 4.78 is 1.86. The van der Waals surface area contributed by atoms with E-state index in [0.29, 0.717) is 25.4 Å². The Hall–Kier alpha value is -2.21. The molecule has 0 fully saturated rings. The lowest BCUT2D eigenvalue weighted by molar-refractivity contribution is 0.936. The van der Waals surface area contributed by atoms with E-state index in [2.05, 4.69) is 10.1 Å². The van der Waals surface area contributed by atoms with Gasteiger partial charge in [-0.3, -0.25) is 4.79 Å². The molecule has 0 amide bonds. The van der Waals surface area contributed by atoms with Crippen LogP contribution < -0.4 is 10.1 Å². The summed E-state index contributed by atoms with van der Waals surface area (Å²) in [5, 5.41) is 5.41. The van der Waals surface area contributed by atoms with Crippen LogP contribution in [-0.4, -0.2) is 14.6 Å². The molecular formula is C18H11Cl2N3OS. The van der Waals surface area contributed by atoms with Gasteiger partial charge < -0.3 is 0 Å². The molecule has 4 aromatic rings. The van der Waals surface area contributed by atoms with E-state index in [1.165, 1.54) is 15.9 Å². The highest BCUT2D eigenvalue weighted by atomic mass is 35.5. The summed E-state index contributed by atoms with van der Waals surface area (Å²) in [5.41, 5.74) is 2.50. The molecule has 25 heavy (non-hydrogen) atoms. The number of nitrogens with zero attached hydrogens (tertiary/aromatic N) is 3. The lowest BCUT2D eigenvalue weighted by Crippen LogP contribution is -2.23. The predicted molar refractivity (Wildman–Crippen MR) is 103 cm³/mol. The van der Waals surface area contributed by atoms with Crippen molar-refractivity contribution in [2.45, 2.75) is 6.92 Å². The number of rotatable bonds is 2. The van der Waals surface area contributed by atoms with Gasteiger partial charge in [0, 0.05) is 15.6 Å². The zero-order valence-electron chi connectivity index (χ0n) is 13.0. The number of halogens is 2. The molecule has 0 radical (unpaired) electrons. The van der Waals surface area contributed by atoms with Crippen molar-refractivity contribution in [2.24, 2.45) is 0 Å². The highest BCUT2D eigenvalue weighted by Gasteiger charge is 2.13. The largest absolute Gasteiger partial charge is 0.291 e. The summed E-state index contributed by atoms with van der Waals surface area (Å²) in [5.74, 6) is 0.553. The summed E-state index contributed by atoms with van der Waals surface area (Å²) >= 11 is 13.4. The third-order valence-electron chi connectivity index (χ3n) is 3.82. The van der Waals surface area contributed by atoms with E-state index < -0.39 is 0 Å². The van der Waals surface area contributed by atoms with E-state index >= 15 is 0 Å². The molecular weight excluding hydrogens is 377 g/mol. The van der Waals surface area contributed by atoms with Gasteiger partial charge in [0.1, 0.15) is 0 Å². The van der Waals surface area contributed by atoms with Gasteiger partial charge >= 0.3 is 0 Å². The fourth-order valence-corrected chi connectivity index (χ4v) is 3.89. The highest BCUT2D eigenvalue weighted by Crippen LogP contribution is 2.22. The first kappa shape index (κ1) is 16.3. The number of thiazole rings is 1. The Morgan fingerprint density at radius 1 is 1.16 bits per heavy atom. The predicted octanol–water partition coefficient (Wildman–Crippen LogP) is 3.98. The SMILES string of the molecule is Cc1ccccc1-c1nc2s/c(=C/c3ccc(Cl)cc3Cl)c(=O)n2n1. The first-order chi connectivity index (χ1) is 12.0. The van der Waals surface area contributed by atoms with Gasteiger partial charge in [-0.2, -0.15) is 9.50 Å². The summed E-state index contributed by atoms with van der Waals surface area (Å²) in [6, 6.07) is 13.0. The molecule has 7 heteroatoms. The molecule has 0 spiro atoms. The van der Waals surface area contributed by atoms with Crippen molar-refractivity contribution in [2.75, 3.05) is 0 Å². The topological polar surface area (TPSA) is 47.3 Å². The van der Waals surface area contributed by atoms with Gasteiger partial charge in [-0.1, -0.05) is 64.9 Å². The zero-order chi connectivity index (χ0) is 17.6. The molecule has 0 aliphatic rings.